The lowest BCUT2D eigenvalue weighted by atomic mass is 10.2. The summed E-state index contributed by atoms with van der Waals surface area (Å²) in [6.07, 6.45) is 1.01. The molecule has 0 atom stereocenters. The van der Waals surface area contributed by atoms with Crippen LogP contribution < -0.4 is 14.8 Å². The molecule has 5 heteroatoms. The van der Waals surface area contributed by atoms with E-state index in [0.29, 0.717) is 6.79 Å². The number of nitrogens with zero attached hydrogens (tertiary/aromatic N) is 1. The Balaban J connectivity index is 1.54. The van der Waals surface area contributed by atoms with Crippen molar-refractivity contribution in [1.29, 1.82) is 0 Å². The molecule has 0 aliphatic carbocycles. The van der Waals surface area contributed by atoms with E-state index >= 15 is 0 Å². The van der Waals surface area contributed by atoms with Crippen LogP contribution in [0.4, 0.5) is 0 Å². The molecular weight excluding hydrogens is 260 g/mol. The van der Waals surface area contributed by atoms with Crippen molar-refractivity contribution in [2.24, 2.45) is 0 Å². The van der Waals surface area contributed by atoms with E-state index in [2.05, 4.69) is 28.7 Å². The molecule has 2 aromatic rings. The lowest BCUT2D eigenvalue weighted by Gasteiger charge is -2.04. The summed E-state index contributed by atoms with van der Waals surface area (Å²) in [7, 11) is 0. The number of benzene rings is 1. The molecule has 0 amide bonds. The van der Waals surface area contributed by atoms with Gasteiger partial charge in [-0.3, -0.25) is 0 Å². The first kappa shape index (κ1) is 12.4. The first-order valence-corrected chi connectivity index (χ1v) is 7.25. The highest BCUT2D eigenvalue weighted by molar-refractivity contribution is 7.09. The van der Waals surface area contributed by atoms with Crippen LogP contribution in [-0.2, 0) is 19.5 Å². The number of aryl methyl sites for hydroxylation is 1. The van der Waals surface area contributed by atoms with Crippen molar-refractivity contribution < 1.29 is 9.47 Å². The van der Waals surface area contributed by atoms with E-state index in [-0.39, 0.29) is 0 Å². The molecule has 0 unspecified atom stereocenters. The van der Waals surface area contributed by atoms with Gasteiger partial charge in [0.05, 0.1) is 10.7 Å². The van der Waals surface area contributed by atoms with Crippen LogP contribution in [0, 0.1) is 0 Å². The molecule has 2 heterocycles. The number of hydrogen-bond acceptors (Lipinski definition) is 5. The van der Waals surface area contributed by atoms with Crippen LogP contribution in [0.25, 0.3) is 0 Å². The fourth-order valence-electron chi connectivity index (χ4n) is 1.98. The molecule has 0 saturated carbocycles. The van der Waals surface area contributed by atoms with Gasteiger partial charge in [-0.15, -0.1) is 11.3 Å². The van der Waals surface area contributed by atoms with E-state index in [1.165, 1.54) is 10.6 Å². The highest BCUT2D eigenvalue weighted by atomic mass is 32.1. The van der Waals surface area contributed by atoms with Crippen LogP contribution in [0.3, 0.4) is 0 Å². The normalized spacial score (nSPS) is 12.9. The molecule has 0 fully saturated rings. The number of thiazole rings is 1. The smallest absolute Gasteiger partial charge is 0.231 e. The van der Waals surface area contributed by atoms with Gasteiger partial charge in [0.2, 0.25) is 6.79 Å². The van der Waals surface area contributed by atoms with Crippen molar-refractivity contribution in [3.63, 3.8) is 0 Å². The van der Waals surface area contributed by atoms with Crippen LogP contribution in [0.1, 0.15) is 23.2 Å². The Bertz CT molecular complexity index is 568. The molecule has 1 aliphatic rings. The second-order valence-electron chi connectivity index (χ2n) is 4.38. The molecule has 19 heavy (non-hydrogen) atoms. The van der Waals surface area contributed by atoms with E-state index in [0.717, 1.165) is 36.7 Å². The van der Waals surface area contributed by atoms with E-state index in [1.54, 1.807) is 11.3 Å². The van der Waals surface area contributed by atoms with Gasteiger partial charge in [-0.1, -0.05) is 13.0 Å². The average Bonchev–Trinajstić information content (AvgIpc) is 3.06. The van der Waals surface area contributed by atoms with Gasteiger partial charge in [0.25, 0.3) is 0 Å². The number of nitrogens with one attached hydrogen (secondary N) is 1. The maximum absolute atomic E-state index is 5.36. The molecule has 0 spiro atoms. The molecule has 1 aromatic carbocycles. The van der Waals surface area contributed by atoms with Gasteiger partial charge in [0.1, 0.15) is 0 Å². The zero-order valence-corrected chi connectivity index (χ0v) is 11.6. The summed E-state index contributed by atoms with van der Waals surface area (Å²) in [5.74, 6) is 1.66. The Morgan fingerprint density at radius 1 is 1.26 bits per heavy atom. The summed E-state index contributed by atoms with van der Waals surface area (Å²) >= 11 is 1.72. The third-order valence-corrected chi connectivity index (χ3v) is 4.02. The predicted octanol–water partition coefficient (Wildman–Crippen LogP) is 2.72. The molecule has 0 bridgehead atoms. The maximum Gasteiger partial charge on any atom is 0.231 e. The van der Waals surface area contributed by atoms with Gasteiger partial charge < -0.3 is 14.8 Å². The third kappa shape index (κ3) is 2.88. The number of fused-ring (bicyclic) bond motifs is 1. The molecule has 1 aliphatic heterocycles. The van der Waals surface area contributed by atoms with Crippen molar-refractivity contribution in [3.05, 3.63) is 39.8 Å². The Kier molecular flexibility index (Phi) is 3.66. The Morgan fingerprint density at radius 3 is 3.00 bits per heavy atom. The van der Waals surface area contributed by atoms with Gasteiger partial charge in [-0.25, -0.2) is 4.98 Å². The van der Waals surface area contributed by atoms with Gasteiger partial charge in [0, 0.05) is 18.5 Å². The maximum atomic E-state index is 5.36. The highest BCUT2D eigenvalue weighted by Crippen LogP contribution is 2.32. The van der Waals surface area contributed by atoms with Crippen LogP contribution in [0.5, 0.6) is 11.5 Å². The lowest BCUT2D eigenvalue weighted by Crippen LogP contribution is -2.12. The summed E-state index contributed by atoms with van der Waals surface area (Å²) in [6.45, 7) is 4.05. The quantitative estimate of drug-likeness (QED) is 0.912. The van der Waals surface area contributed by atoms with E-state index in [4.69, 9.17) is 9.47 Å². The van der Waals surface area contributed by atoms with E-state index < -0.39 is 0 Å². The minimum Gasteiger partial charge on any atom is -0.454 e. The number of rotatable bonds is 5. The molecule has 1 N–H and O–H groups in total. The lowest BCUT2D eigenvalue weighted by molar-refractivity contribution is 0.174. The molecule has 4 nitrogen and oxygen atoms in total. The SMILES string of the molecule is CCc1nc(CNCc2ccc3c(c2)OCO3)cs1. The fraction of sp³-hybridized carbons (Fsp3) is 0.357. The van der Waals surface area contributed by atoms with Crippen LogP contribution in [0.2, 0.25) is 0 Å². The summed E-state index contributed by atoms with van der Waals surface area (Å²) in [5.41, 5.74) is 2.30. The fourth-order valence-corrected chi connectivity index (χ4v) is 2.72. The van der Waals surface area contributed by atoms with Gasteiger partial charge in [-0.05, 0) is 24.1 Å². The highest BCUT2D eigenvalue weighted by Gasteiger charge is 2.12. The second kappa shape index (κ2) is 5.59. The zero-order chi connectivity index (χ0) is 13.1. The topological polar surface area (TPSA) is 43.4 Å². The van der Waals surface area contributed by atoms with Gasteiger partial charge in [0.15, 0.2) is 11.5 Å². The van der Waals surface area contributed by atoms with Crippen molar-refractivity contribution in [3.8, 4) is 11.5 Å². The van der Waals surface area contributed by atoms with Gasteiger partial charge >= 0.3 is 0 Å². The standard InChI is InChI=1S/C14H16N2O2S/c1-2-14-16-11(8-19-14)7-15-6-10-3-4-12-13(5-10)18-9-17-12/h3-5,8,15H,2,6-7,9H2,1H3. The molecule has 0 saturated heterocycles. The molecule has 3 rings (SSSR count). The number of aromatic nitrogens is 1. The first-order chi connectivity index (χ1) is 9.35. The van der Waals surface area contributed by atoms with Crippen molar-refractivity contribution in [2.45, 2.75) is 26.4 Å². The molecular formula is C14H16N2O2S. The Labute approximate surface area is 116 Å². The predicted molar refractivity (Wildman–Crippen MR) is 74.6 cm³/mol. The summed E-state index contributed by atoms with van der Waals surface area (Å²) in [5, 5.41) is 6.71. The van der Waals surface area contributed by atoms with Crippen LogP contribution in [0.15, 0.2) is 23.6 Å². The molecule has 100 valence electrons. The number of hydrogen-bond donors (Lipinski definition) is 1. The molecule has 1 aromatic heterocycles. The minimum absolute atomic E-state index is 0.324. The monoisotopic (exact) mass is 276 g/mol. The van der Waals surface area contributed by atoms with Crippen LogP contribution in [-0.4, -0.2) is 11.8 Å². The number of ether oxygens (including phenoxy) is 2. The average molecular weight is 276 g/mol. The zero-order valence-electron chi connectivity index (χ0n) is 10.8. The van der Waals surface area contributed by atoms with Crippen molar-refractivity contribution in [1.82, 2.24) is 10.3 Å². The van der Waals surface area contributed by atoms with Gasteiger partial charge in [-0.2, -0.15) is 0 Å². The first-order valence-electron chi connectivity index (χ1n) is 6.37. The summed E-state index contributed by atoms with van der Waals surface area (Å²) in [4.78, 5) is 4.53. The minimum atomic E-state index is 0.324. The van der Waals surface area contributed by atoms with Crippen molar-refractivity contribution >= 4 is 11.3 Å². The van der Waals surface area contributed by atoms with Crippen LogP contribution >= 0.6 is 11.3 Å². The second-order valence-corrected chi connectivity index (χ2v) is 5.32. The van der Waals surface area contributed by atoms with E-state index in [1.807, 2.05) is 12.1 Å². The largest absolute Gasteiger partial charge is 0.454 e. The summed E-state index contributed by atoms with van der Waals surface area (Å²) in [6, 6.07) is 6.03. The van der Waals surface area contributed by atoms with Crippen molar-refractivity contribution in [2.75, 3.05) is 6.79 Å². The Morgan fingerprint density at radius 2 is 2.16 bits per heavy atom. The third-order valence-electron chi connectivity index (χ3n) is 2.97. The van der Waals surface area contributed by atoms with E-state index in [9.17, 15) is 0 Å². The molecule has 0 radical (unpaired) electrons. The Hall–Kier alpha value is -1.59. The summed E-state index contributed by atoms with van der Waals surface area (Å²) < 4.78 is 10.7.